The van der Waals surface area contributed by atoms with E-state index in [9.17, 15) is 4.79 Å². The van der Waals surface area contributed by atoms with E-state index in [4.69, 9.17) is 4.74 Å². The molecule has 1 aromatic carbocycles. The lowest BCUT2D eigenvalue weighted by Gasteiger charge is -2.36. The number of nitrogens with one attached hydrogen (secondary N) is 1. The van der Waals surface area contributed by atoms with Gasteiger partial charge in [0.1, 0.15) is 6.10 Å². The molecule has 1 N–H and O–H groups in total. The highest BCUT2D eigenvalue weighted by Crippen LogP contribution is 2.38. The lowest BCUT2D eigenvalue weighted by molar-refractivity contribution is -0.131. The number of benzene rings is 1. The zero-order chi connectivity index (χ0) is 18.5. The molecule has 0 unspecified atom stereocenters. The molecule has 4 heteroatoms. The molecular formula is C23H34N2O2. The molecular weight excluding hydrogens is 336 g/mol. The number of amides is 1. The summed E-state index contributed by atoms with van der Waals surface area (Å²) < 4.78 is 5.51. The van der Waals surface area contributed by atoms with Crippen LogP contribution < -0.4 is 5.32 Å². The van der Waals surface area contributed by atoms with Gasteiger partial charge in [-0.2, -0.15) is 0 Å². The fourth-order valence-electron chi connectivity index (χ4n) is 5.20. The van der Waals surface area contributed by atoms with Crippen molar-refractivity contribution in [3.05, 3.63) is 35.9 Å². The molecule has 0 bridgehead atoms. The zero-order valence-corrected chi connectivity index (χ0v) is 16.4. The number of nitrogens with zero attached hydrogens (tertiary/aromatic N) is 1. The summed E-state index contributed by atoms with van der Waals surface area (Å²) in [6.07, 6.45) is 9.36. The van der Waals surface area contributed by atoms with Crippen LogP contribution in [0, 0.1) is 5.92 Å². The van der Waals surface area contributed by atoms with Crippen LogP contribution >= 0.6 is 0 Å². The first-order valence-electron chi connectivity index (χ1n) is 11.0. The topological polar surface area (TPSA) is 41.6 Å². The molecule has 0 spiro atoms. The van der Waals surface area contributed by atoms with Crippen molar-refractivity contribution in [1.82, 2.24) is 10.2 Å². The van der Waals surface area contributed by atoms with Gasteiger partial charge in [0, 0.05) is 32.3 Å². The predicted molar refractivity (Wildman–Crippen MR) is 108 cm³/mol. The molecule has 2 saturated heterocycles. The van der Waals surface area contributed by atoms with Gasteiger partial charge in [0.2, 0.25) is 5.91 Å². The minimum Gasteiger partial charge on any atom is -0.368 e. The van der Waals surface area contributed by atoms with E-state index in [1.165, 1.54) is 37.8 Å². The minimum absolute atomic E-state index is 0.110. The van der Waals surface area contributed by atoms with Crippen molar-refractivity contribution in [2.45, 2.75) is 69.4 Å². The summed E-state index contributed by atoms with van der Waals surface area (Å²) in [4.78, 5) is 14.9. The highest BCUT2D eigenvalue weighted by Gasteiger charge is 2.31. The second kappa shape index (κ2) is 9.20. The average molecular weight is 371 g/mol. The van der Waals surface area contributed by atoms with Crippen LogP contribution in [-0.4, -0.2) is 49.2 Å². The molecule has 0 radical (unpaired) electrons. The highest BCUT2D eigenvalue weighted by atomic mass is 16.5. The lowest BCUT2D eigenvalue weighted by Crippen LogP contribution is -2.48. The van der Waals surface area contributed by atoms with Crippen molar-refractivity contribution in [3.63, 3.8) is 0 Å². The van der Waals surface area contributed by atoms with Crippen LogP contribution in [0.1, 0.15) is 62.8 Å². The smallest absolute Gasteiger partial charge is 0.249 e. The number of carbonyl (C=O) groups excluding carboxylic acids is 1. The molecule has 2 atom stereocenters. The fourth-order valence-corrected chi connectivity index (χ4v) is 5.20. The van der Waals surface area contributed by atoms with Crippen LogP contribution in [0.25, 0.3) is 0 Å². The van der Waals surface area contributed by atoms with Crippen molar-refractivity contribution in [1.29, 1.82) is 0 Å². The van der Waals surface area contributed by atoms with Gasteiger partial charge in [-0.15, -0.1) is 0 Å². The van der Waals surface area contributed by atoms with Gasteiger partial charge in [-0.25, -0.2) is 0 Å². The number of carbonyl (C=O) groups is 1. The Balaban J connectivity index is 1.29. The van der Waals surface area contributed by atoms with Gasteiger partial charge in [0.15, 0.2) is 0 Å². The third-order valence-corrected chi connectivity index (χ3v) is 6.81. The van der Waals surface area contributed by atoms with Crippen LogP contribution in [-0.2, 0) is 9.53 Å². The Morgan fingerprint density at radius 2 is 1.78 bits per heavy atom. The summed E-state index contributed by atoms with van der Waals surface area (Å²) in [6.45, 7) is 4.08. The van der Waals surface area contributed by atoms with Crippen LogP contribution in [0.15, 0.2) is 30.3 Å². The van der Waals surface area contributed by atoms with Crippen molar-refractivity contribution in [3.8, 4) is 0 Å². The van der Waals surface area contributed by atoms with E-state index in [0.717, 1.165) is 51.3 Å². The first-order valence-corrected chi connectivity index (χ1v) is 11.0. The fraction of sp³-hybridized carbons (Fsp3) is 0.696. The van der Waals surface area contributed by atoms with Gasteiger partial charge in [-0.1, -0.05) is 43.2 Å². The molecule has 0 aromatic heterocycles. The number of hydrogen-bond acceptors (Lipinski definition) is 3. The van der Waals surface area contributed by atoms with E-state index in [-0.39, 0.29) is 12.0 Å². The summed E-state index contributed by atoms with van der Waals surface area (Å²) in [5, 5.41) is 3.23. The second-order valence-corrected chi connectivity index (χ2v) is 8.65. The third kappa shape index (κ3) is 4.91. The van der Waals surface area contributed by atoms with Crippen LogP contribution in [0.5, 0.6) is 0 Å². The van der Waals surface area contributed by atoms with Crippen LogP contribution in [0.4, 0.5) is 0 Å². The Hall–Kier alpha value is -1.39. The highest BCUT2D eigenvalue weighted by molar-refractivity contribution is 5.81. The molecule has 1 aromatic rings. The molecule has 1 aliphatic carbocycles. The van der Waals surface area contributed by atoms with E-state index in [1.54, 1.807) is 0 Å². The summed E-state index contributed by atoms with van der Waals surface area (Å²) in [6, 6.07) is 11.4. The van der Waals surface area contributed by atoms with Gasteiger partial charge >= 0.3 is 0 Å². The number of ether oxygens (including phenoxy) is 1. The summed E-state index contributed by atoms with van der Waals surface area (Å²) >= 11 is 0. The van der Waals surface area contributed by atoms with Crippen molar-refractivity contribution in [2.75, 3.05) is 26.2 Å². The largest absolute Gasteiger partial charge is 0.368 e. The van der Waals surface area contributed by atoms with Gasteiger partial charge in [0.25, 0.3) is 0 Å². The van der Waals surface area contributed by atoms with Crippen molar-refractivity contribution >= 4 is 5.91 Å². The number of piperidine rings is 1. The Morgan fingerprint density at radius 1 is 1.04 bits per heavy atom. The molecule has 3 fully saturated rings. The first-order chi connectivity index (χ1) is 13.3. The number of rotatable bonds is 6. The predicted octanol–water partition coefficient (Wildman–Crippen LogP) is 3.72. The molecule has 3 aliphatic rings. The molecule has 1 amide bonds. The van der Waals surface area contributed by atoms with Gasteiger partial charge in [0.05, 0.1) is 0 Å². The van der Waals surface area contributed by atoms with Gasteiger partial charge in [-0.3, -0.25) is 4.79 Å². The quantitative estimate of drug-likeness (QED) is 0.830. The van der Waals surface area contributed by atoms with E-state index < -0.39 is 0 Å². The standard InChI is InChI=1S/C23H34N2O2/c26-23(22-11-6-16-27-22)24-20-12-14-25(15-13-20)17-21(19-9-4-5-10-19)18-7-2-1-3-8-18/h1-3,7-8,19-22H,4-6,9-17H2,(H,24,26)/t21-,22-/m0/s1. The van der Waals surface area contributed by atoms with Crippen LogP contribution in [0.2, 0.25) is 0 Å². The van der Waals surface area contributed by atoms with Crippen molar-refractivity contribution < 1.29 is 9.53 Å². The van der Waals surface area contributed by atoms with Crippen molar-refractivity contribution in [2.24, 2.45) is 5.92 Å². The van der Waals surface area contributed by atoms with E-state index in [1.807, 2.05) is 0 Å². The Morgan fingerprint density at radius 3 is 2.44 bits per heavy atom. The molecule has 148 valence electrons. The Bertz CT molecular complexity index is 586. The maximum Gasteiger partial charge on any atom is 0.249 e. The molecule has 4 nitrogen and oxygen atoms in total. The van der Waals surface area contributed by atoms with Crippen LogP contribution in [0.3, 0.4) is 0 Å². The van der Waals surface area contributed by atoms with E-state index in [2.05, 4.69) is 40.5 Å². The van der Waals surface area contributed by atoms with E-state index >= 15 is 0 Å². The third-order valence-electron chi connectivity index (χ3n) is 6.81. The molecule has 1 saturated carbocycles. The maximum atomic E-state index is 12.3. The molecule has 2 heterocycles. The zero-order valence-electron chi connectivity index (χ0n) is 16.4. The second-order valence-electron chi connectivity index (χ2n) is 8.65. The van der Waals surface area contributed by atoms with E-state index in [0.29, 0.717) is 12.0 Å². The molecule has 27 heavy (non-hydrogen) atoms. The minimum atomic E-state index is -0.201. The lowest BCUT2D eigenvalue weighted by atomic mass is 9.84. The average Bonchev–Trinajstić information content (AvgIpc) is 3.42. The Labute approximate surface area is 163 Å². The first kappa shape index (κ1) is 18.9. The maximum absolute atomic E-state index is 12.3. The van der Waals surface area contributed by atoms with Gasteiger partial charge < -0.3 is 15.0 Å². The SMILES string of the molecule is O=C(NC1CCN(C[C@@H](c2ccccc2)C2CCCC2)CC1)[C@@H]1CCCO1. The molecule has 4 rings (SSSR count). The summed E-state index contributed by atoms with van der Waals surface area (Å²) in [5.41, 5.74) is 1.51. The monoisotopic (exact) mass is 370 g/mol. The molecule has 2 aliphatic heterocycles. The number of hydrogen-bond donors (Lipinski definition) is 1. The summed E-state index contributed by atoms with van der Waals surface area (Å²) in [5.74, 6) is 1.61. The summed E-state index contributed by atoms with van der Waals surface area (Å²) in [7, 11) is 0. The van der Waals surface area contributed by atoms with Gasteiger partial charge in [-0.05, 0) is 55.9 Å². The normalized spacial score (nSPS) is 26.3. The number of likely N-dealkylation sites (tertiary alicyclic amines) is 1. The Kier molecular flexibility index (Phi) is 6.46.